The van der Waals surface area contributed by atoms with E-state index in [1.54, 1.807) is 17.4 Å². The van der Waals surface area contributed by atoms with Crippen molar-refractivity contribution in [3.8, 4) is 0 Å². The molecule has 1 heterocycles. The Morgan fingerprint density at radius 2 is 1.74 bits per heavy atom. The van der Waals surface area contributed by atoms with E-state index in [4.69, 9.17) is 34.8 Å². The van der Waals surface area contributed by atoms with Gasteiger partial charge in [-0.3, -0.25) is 0 Å². The van der Waals surface area contributed by atoms with Gasteiger partial charge in [-0.2, -0.15) is 0 Å². The van der Waals surface area contributed by atoms with Gasteiger partial charge < -0.3 is 0 Å². The van der Waals surface area contributed by atoms with E-state index in [1.807, 2.05) is 12.1 Å². The highest BCUT2D eigenvalue weighted by molar-refractivity contribution is 7.12. The van der Waals surface area contributed by atoms with E-state index in [-0.39, 0.29) is 10.8 Å². The second kappa shape index (κ2) is 5.65. The molecule has 1 aromatic carbocycles. The molecule has 0 nitrogen and oxygen atoms in total. The van der Waals surface area contributed by atoms with Crippen molar-refractivity contribution in [1.29, 1.82) is 0 Å². The molecule has 2 rings (SSSR count). The summed E-state index contributed by atoms with van der Waals surface area (Å²) in [7, 11) is 0. The normalized spacial score (nSPS) is 13.6. The fraction of sp³-hybridized carbons (Fsp3) is 0.333. The topological polar surface area (TPSA) is 0 Å². The molecule has 1 atom stereocenters. The number of hydrogen-bond donors (Lipinski definition) is 0. The lowest BCUT2D eigenvalue weighted by atomic mass is 9.95. The minimum Gasteiger partial charge on any atom is -0.143 e. The molecule has 0 spiro atoms. The van der Waals surface area contributed by atoms with E-state index in [2.05, 4.69) is 32.9 Å². The molecular weight excluding hydrogens is 319 g/mol. The van der Waals surface area contributed by atoms with Crippen LogP contribution in [0.4, 0.5) is 0 Å². The molecule has 0 aliphatic rings. The fourth-order valence-corrected chi connectivity index (χ4v) is 3.69. The highest BCUT2D eigenvalue weighted by Crippen LogP contribution is 2.41. The first-order valence-electron chi connectivity index (χ1n) is 5.99. The van der Waals surface area contributed by atoms with Gasteiger partial charge in [0, 0.05) is 9.75 Å². The molecule has 0 radical (unpaired) electrons. The standard InChI is InChI=1S/C15H15Cl3S/c1-15(2,3)12-8-7-11(19-12)14(18)9-5-4-6-10(16)13(9)17/h4-8,14H,1-3H3. The number of rotatable bonds is 2. The second-order valence-corrected chi connectivity index (χ2v) is 7.79. The summed E-state index contributed by atoms with van der Waals surface area (Å²) >= 11 is 20.5. The summed E-state index contributed by atoms with van der Waals surface area (Å²) in [5.41, 5.74) is 0.996. The van der Waals surface area contributed by atoms with Crippen LogP contribution < -0.4 is 0 Å². The van der Waals surface area contributed by atoms with E-state index >= 15 is 0 Å². The van der Waals surface area contributed by atoms with Crippen molar-refractivity contribution in [1.82, 2.24) is 0 Å². The monoisotopic (exact) mass is 332 g/mol. The first-order valence-corrected chi connectivity index (χ1v) is 8.00. The zero-order valence-corrected chi connectivity index (χ0v) is 14.1. The van der Waals surface area contributed by atoms with E-state index in [0.29, 0.717) is 10.0 Å². The van der Waals surface area contributed by atoms with Gasteiger partial charge in [0.25, 0.3) is 0 Å². The molecule has 19 heavy (non-hydrogen) atoms. The summed E-state index contributed by atoms with van der Waals surface area (Å²) in [4.78, 5) is 2.40. The Bertz CT molecular complexity index is 581. The Kier molecular flexibility index (Phi) is 4.52. The molecule has 0 amide bonds. The quantitative estimate of drug-likeness (QED) is 0.538. The van der Waals surface area contributed by atoms with Crippen molar-refractivity contribution in [2.24, 2.45) is 0 Å². The van der Waals surface area contributed by atoms with Crippen LogP contribution in [-0.4, -0.2) is 0 Å². The lowest BCUT2D eigenvalue weighted by Crippen LogP contribution is -2.07. The van der Waals surface area contributed by atoms with Gasteiger partial charge >= 0.3 is 0 Å². The lowest BCUT2D eigenvalue weighted by molar-refractivity contribution is 0.604. The number of benzene rings is 1. The minimum absolute atomic E-state index is 0.137. The Balaban J connectivity index is 2.37. The van der Waals surface area contributed by atoms with Crippen LogP contribution in [0.15, 0.2) is 30.3 Å². The van der Waals surface area contributed by atoms with E-state index in [0.717, 1.165) is 10.4 Å². The Morgan fingerprint density at radius 3 is 2.32 bits per heavy atom. The molecule has 4 heteroatoms. The summed E-state index contributed by atoms with van der Waals surface area (Å²) in [6.45, 7) is 6.58. The Morgan fingerprint density at radius 1 is 1.05 bits per heavy atom. The predicted octanol–water partition coefficient (Wildman–Crippen LogP) is 6.68. The van der Waals surface area contributed by atoms with Gasteiger partial charge in [0.1, 0.15) is 0 Å². The number of alkyl halides is 1. The first-order chi connectivity index (χ1) is 8.80. The summed E-state index contributed by atoms with van der Waals surface area (Å²) in [5, 5.41) is 0.819. The molecule has 0 N–H and O–H groups in total. The van der Waals surface area contributed by atoms with Gasteiger partial charge in [0.05, 0.1) is 15.4 Å². The molecule has 0 aliphatic heterocycles. The van der Waals surface area contributed by atoms with Crippen LogP contribution >= 0.6 is 46.1 Å². The highest BCUT2D eigenvalue weighted by atomic mass is 35.5. The molecule has 0 bridgehead atoms. The summed E-state index contributed by atoms with van der Waals surface area (Å²) in [5.74, 6) is 0. The van der Waals surface area contributed by atoms with E-state index < -0.39 is 0 Å². The van der Waals surface area contributed by atoms with Crippen LogP contribution in [0.2, 0.25) is 10.0 Å². The van der Waals surface area contributed by atoms with Crippen molar-refractivity contribution in [2.45, 2.75) is 31.6 Å². The first kappa shape index (κ1) is 15.2. The van der Waals surface area contributed by atoms with Gasteiger partial charge in [0.15, 0.2) is 0 Å². The average molecular weight is 334 g/mol. The molecule has 0 saturated heterocycles. The zero-order chi connectivity index (χ0) is 14.2. The molecule has 1 aromatic heterocycles. The van der Waals surface area contributed by atoms with Gasteiger partial charge in [-0.15, -0.1) is 22.9 Å². The van der Waals surface area contributed by atoms with Crippen molar-refractivity contribution in [3.05, 3.63) is 55.7 Å². The molecule has 0 saturated carbocycles. The molecule has 0 fully saturated rings. The van der Waals surface area contributed by atoms with Crippen LogP contribution in [0.5, 0.6) is 0 Å². The third-order valence-electron chi connectivity index (χ3n) is 2.87. The van der Waals surface area contributed by atoms with Crippen LogP contribution in [-0.2, 0) is 5.41 Å². The van der Waals surface area contributed by atoms with Crippen LogP contribution in [0.3, 0.4) is 0 Å². The van der Waals surface area contributed by atoms with E-state index in [1.165, 1.54) is 4.88 Å². The van der Waals surface area contributed by atoms with Crippen molar-refractivity contribution < 1.29 is 0 Å². The third kappa shape index (κ3) is 3.28. The molecule has 102 valence electrons. The van der Waals surface area contributed by atoms with Crippen molar-refractivity contribution in [3.63, 3.8) is 0 Å². The predicted molar refractivity (Wildman–Crippen MR) is 87.2 cm³/mol. The van der Waals surface area contributed by atoms with Crippen molar-refractivity contribution >= 4 is 46.1 Å². The molecule has 1 unspecified atom stereocenters. The van der Waals surface area contributed by atoms with Gasteiger partial charge in [-0.05, 0) is 29.2 Å². The Hall–Kier alpha value is -0.210. The largest absolute Gasteiger partial charge is 0.143 e. The van der Waals surface area contributed by atoms with Gasteiger partial charge in [-0.25, -0.2) is 0 Å². The SMILES string of the molecule is CC(C)(C)c1ccc(C(Cl)c2cccc(Cl)c2Cl)s1. The Labute approximate surface area is 133 Å². The number of thiophene rings is 1. The maximum absolute atomic E-state index is 6.54. The van der Waals surface area contributed by atoms with Crippen LogP contribution in [0.1, 0.15) is 41.5 Å². The summed E-state index contributed by atoms with van der Waals surface area (Å²) in [6, 6.07) is 9.76. The highest BCUT2D eigenvalue weighted by Gasteiger charge is 2.21. The van der Waals surface area contributed by atoms with Crippen molar-refractivity contribution in [2.75, 3.05) is 0 Å². The van der Waals surface area contributed by atoms with E-state index in [9.17, 15) is 0 Å². The number of hydrogen-bond acceptors (Lipinski definition) is 1. The smallest absolute Gasteiger partial charge is 0.0942 e. The summed E-state index contributed by atoms with van der Waals surface area (Å²) < 4.78 is 0. The zero-order valence-electron chi connectivity index (χ0n) is 11.0. The van der Waals surface area contributed by atoms with Gasteiger partial charge in [0.2, 0.25) is 0 Å². The van der Waals surface area contributed by atoms with Crippen LogP contribution in [0.25, 0.3) is 0 Å². The maximum Gasteiger partial charge on any atom is 0.0942 e. The molecule has 2 aromatic rings. The summed E-state index contributed by atoms with van der Waals surface area (Å²) in [6.07, 6.45) is 0. The third-order valence-corrected chi connectivity index (χ3v) is 5.88. The maximum atomic E-state index is 6.54. The molecular formula is C15H15Cl3S. The molecule has 0 aliphatic carbocycles. The lowest BCUT2D eigenvalue weighted by Gasteiger charge is -2.16. The van der Waals surface area contributed by atoms with Crippen LogP contribution in [0, 0.1) is 0 Å². The second-order valence-electron chi connectivity index (χ2n) is 5.46. The minimum atomic E-state index is -0.257. The fourth-order valence-electron chi connectivity index (χ4n) is 1.76. The number of halogens is 3. The van der Waals surface area contributed by atoms with Gasteiger partial charge in [-0.1, -0.05) is 56.1 Å². The average Bonchev–Trinajstić information content (AvgIpc) is 2.81.